The number of thioether (sulfide) groups is 1. The predicted octanol–water partition coefficient (Wildman–Crippen LogP) is 5.72. The van der Waals surface area contributed by atoms with Gasteiger partial charge in [-0.15, -0.1) is 11.8 Å². The molecule has 2 aliphatic rings. The van der Waals surface area contributed by atoms with E-state index in [1.807, 2.05) is 18.2 Å². The Morgan fingerprint density at radius 2 is 1.83 bits per heavy atom. The van der Waals surface area contributed by atoms with E-state index < -0.39 is 10.7 Å². The van der Waals surface area contributed by atoms with Crippen LogP contribution in [0.2, 0.25) is 0 Å². The van der Waals surface area contributed by atoms with Crippen LogP contribution in [0.15, 0.2) is 66.7 Å². The number of ether oxygens (including phenoxy) is 1. The van der Waals surface area contributed by atoms with Crippen molar-refractivity contribution < 1.29 is 18.7 Å². The molecule has 3 aromatic carbocycles. The number of amides is 2. The fourth-order valence-corrected chi connectivity index (χ4v) is 6.40. The summed E-state index contributed by atoms with van der Waals surface area (Å²) in [6, 6.07) is 19.5. The number of hydrogen-bond donors (Lipinski definition) is 0. The molecule has 2 heterocycles. The van der Waals surface area contributed by atoms with Gasteiger partial charge in [0.05, 0.1) is 19.3 Å². The molecule has 0 saturated carbocycles. The van der Waals surface area contributed by atoms with E-state index in [0.29, 0.717) is 24.6 Å². The minimum Gasteiger partial charge on any atom is -0.497 e. The van der Waals surface area contributed by atoms with Crippen molar-refractivity contribution in [1.82, 2.24) is 4.90 Å². The van der Waals surface area contributed by atoms with Crippen LogP contribution >= 0.6 is 11.8 Å². The molecule has 0 radical (unpaired) electrons. The zero-order chi connectivity index (χ0) is 25.7. The topological polar surface area (TPSA) is 49.9 Å². The fourth-order valence-electron chi connectivity index (χ4n) is 4.95. The van der Waals surface area contributed by atoms with Crippen molar-refractivity contribution in [3.8, 4) is 5.75 Å². The van der Waals surface area contributed by atoms with Crippen molar-refractivity contribution in [2.45, 2.75) is 37.6 Å². The monoisotopic (exact) mass is 504 g/mol. The van der Waals surface area contributed by atoms with Gasteiger partial charge in [0, 0.05) is 23.4 Å². The number of nitrogens with zero attached hydrogens (tertiary/aromatic N) is 2. The van der Waals surface area contributed by atoms with E-state index in [9.17, 15) is 14.0 Å². The summed E-state index contributed by atoms with van der Waals surface area (Å²) in [4.78, 5) is 30.0. The van der Waals surface area contributed by atoms with Crippen LogP contribution in [-0.2, 0) is 21.6 Å². The Bertz CT molecular complexity index is 1340. The highest BCUT2D eigenvalue weighted by Crippen LogP contribution is 2.55. The summed E-state index contributed by atoms with van der Waals surface area (Å²) in [5.41, 5.74) is 3.97. The highest BCUT2D eigenvalue weighted by Gasteiger charge is 2.59. The number of anilines is 1. The van der Waals surface area contributed by atoms with Crippen molar-refractivity contribution >= 4 is 29.3 Å². The molecule has 0 aliphatic carbocycles. The van der Waals surface area contributed by atoms with E-state index in [1.54, 1.807) is 23.0 Å². The first-order chi connectivity index (χ1) is 17.1. The Morgan fingerprint density at radius 3 is 2.50 bits per heavy atom. The maximum atomic E-state index is 14.2. The van der Waals surface area contributed by atoms with Crippen molar-refractivity contribution in [3.05, 3.63) is 94.8 Å². The van der Waals surface area contributed by atoms with E-state index >= 15 is 0 Å². The third-order valence-electron chi connectivity index (χ3n) is 6.88. The fraction of sp³-hybridized carbons (Fsp3) is 0.310. The number of methoxy groups -OCH3 is 1. The number of fused-ring (bicyclic) bond motifs is 2. The molecule has 5 nitrogen and oxygen atoms in total. The molecular weight excluding hydrogens is 475 g/mol. The summed E-state index contributed by atoms with van der Waals surface area (Å²) >= 11 is 1.44. The Kier molecular flexibility index (Phi) is 6.07. The van der Waals surface area contributed by atoms with E-state index in [0.717, 1.165) is 16.8 Å². The third-order valence-corrected chi connectivity index (χ3v) is 8.30. The Hall–Kier alpha value is -3.32. The van der Waals surface area contributed by atoms with E-state index in [1.165, 1.54) is 35.5 Å². The summed E-state index contributed by atoms with van der Waals surface area (Å²) in [5, 5.41) is 0. The molecule has 1 atom stereocenters. The zero-order valence-corrected chi connectivity index (χ0v) is 21.7. The van der Waals surface area contributed by atoms with Gasteiger partial charge in [-0.05, 0) is 52.9 Å². The lowest BCUT2D eigenvalue weighted by Gasteiger charge is -2.33. The summed E-state index contributed by atoms with van der Waals surface area (Å²) in [7, 11) is 1.58. The van der Waals surface area contributed by atoms with Crippen LogP contribution in [0.25, 0.3) is 0 Å². The molecule has 0 bridgehead atoms. The second kappa shape index (κ2) is 8.96. The van der Waals surface area contributed by atoms with Crippen molar-refractivity contribution in [1.29, 1.82) is 0 Å². The van der Waals surface area contributed by atoms with Crippen LogP contribution in [0, 0.1) is 5.82 Å². The normalized spacial score (nSPS) is 19.2. The quantitative estimate of drug-likeness (QED) is 0.456. The Labute approximate surface area is 215 Å². The number of rotatable bonds is 4. The van der Waals surface area contributed by atoms with E-state index in [4.69, 9.17) is 4.74 Å². The lowest BCUT2D eigenvalue weighted by Crippen LogP contribution is -2.50. The van der Waals surface area contributed by atoms with Gasteiger partial charge in [-0.3, -0.25) is 9.59 Å². The molecule has 1 unspecified atom stereocenters. The third kappa shape index (κ3) is 3.95. The molecule has 7 heteroatoms. The summed E-state index contributed by atoms with van der Waals surface area (Å²) < 4.78 is 19.4. The summed E-state index contributed by atoms with van der Waals surface area (Å²) in [6.07, 6.45) is 0. The highest BCUT2D eigenvalue weighted by molar-refractivity contribution is 8.01. The van der Waals surface area contributed by atoms with Crippen LogP contribution in [0.5, 0.6) is 5.75 Å². The Balaban J connectivity index is 1.56. The van der Waals surface area contributed by atoms with Crippen LogP contribution in [-0.4, -0.2) is 36.1 Å². The van der Waals surface area contributed by atoms with Gasteiger partial charge in [0.2, 0.25) is 0 Å². The van der Waals surface area contributed by atoms with E-state index in [2.05, 4.69) is 45.0 Å². The van der Waals surface area contributed by atoms with Gasteiger partial charge in [-0.2, -0.15) is 0 Å². The van der Waals surface area contributed by atoms with Crippen LogP contribution in [0.3, 0.4) is 0 Å². The average molecular weight is 505 g/mol. The molecule has 0 aromatic heterocycles. The minimum absolute atomic E-state index is 0.0352. The molecule has 1 fully saturated rings. The molecule has 2 amide bonds. The van der Waals surface area contributed by atoms with Gasteiger partial charge in [-0.1, -0.05) is 51.1 Å². The van der Waals surface area contributed by atoms with Crippen LogP contribution in [0.1, 0.15) is 47.8 Å². The van der Waals surface area contributed by atoms with Crippen molar-refractivity contribution in [3.63, 3.8) is 0 Å². The molecule has 1 spiro atoms. The maximum Gasteiger partial charge on any atom is 0.268 e. The standard InChI is InChI=1S/C29H29FN2O3S/c1-28(2,3)21-10-8-19(9-11-21)18-31-25-13-12-23(35-4)17-24(25)29(27(31)34)32(14-15-36-29)26(33)20-6-5-7-22(30)16-20/h5-13,16-17H,14-15,18H2,1-4H3. The lowest BCUT2D eigenvalue weighted by molar-refractivity contribution is -0.123. The smallest absolute Gasteiger partial charge is 0.268 e. The van der Waals surface area contributed by atoms with Gasteiger partial charge in [0.25, 0.3) is 11.8 Å². The maximum absolute atomic E-state index is 14.2. The number of carbonyl (C=O) groups excluding carboxylic acids is 2. The number of carbonyl (C=O) groups is 2. The first kappa shape index (κ1) is 24.4. The van der Waals surface area contributed by atoms with Gasteiger partial charge < -0.3 is 14.5 Å². The molecule has 0 N–H and O–H groups in total. The number of hydrogen-bond acceptors (Lipinski definition) is 4. The largest absolute Gasteiger partial charge is 0.497 e. The minimum atomic E-state index is -1.22. The molecule has 2 aliphatic heterocycles. The molecule has 36 heavy (non-hydrogen) atoms. The average Bonchev–Trinajstić information content (AvgIpc) is 3.40. The van der Waals surface area contributed by atoms with Gasteiger partial charge in [0.1, 0.15) is 11.6 Å². The first-order valence-corrected chi connectivity index (χ1v) is 12.9. The van der Waals surface area contributed by atoms with Gasteiger partial charge in [0.15, 0.2) is 4.87 Å². The second-order valence-electron chi connectivity index (χ2n) is 10.2. The van der Waals surface area contributed by atoms with Gasteiger partial charge in [-0.25, -0.2) is 4.39 Å². The van der Waals surface area contributed by atoms with Gasteiger partial charge >= 0.3 is 0 Å². The molecular formula is C29H29FN2O3S. The number of halogens is 1. The second-order valence-corrected chi connectivity index (χ2v) is 11.5. The molecule has 3 aromatic rings. The molecule has 5 rings (SSSR count). The highest BCUT2D eigenvalue weighted by atomic mass is 32.2. The summed E-state index contributed by atoms with van der Waals surface area (Å²) in [6.45, 7) is 7.27. The van der Waals surface area contributed by atoms with Crippen molar-refractivity contribution in [2.75, 3.05) is 24.3 Å². The first-order valence-electron chi connectivity index (χ1n) is 12.0. The molecule has 1 saturated heterocycles. The molecule has 186 valence electrons. The van der Waals surface area contributed by atoms with Crippen LogP contribution in [0.4, 0.5) is 10.1 Å². The number of benzene rings is 3. The lowest BCUT2D eigenvalue weighted by atomic mass is 9.87. The predicted molar refractivity (Wildman–Crippen MR) is 141 cm³/mol. The van der Waals surface area contributed by atoms with Crippen LogP contribution < -0.4 is 9.64 Å². The van der Waals surface area contributed by atoms with E-state index in [-0.39, 0.29) is 22.8 Å². The summed E-state index contributed by atoms with van der Waals surface area (Å²) in [5.74, 6) is 0.193. The zero-order valence-electron chi connectivity index (χ0n) is 20.9. The SMILES string of the molecule is COc1ccc2c(c1)C1(SCCN1C(=O)c1cccc(F)c1)C(=O)N2Cc1ccc(C(C)(C)C)cc1. The van der Waals surface area contributed by atoms with Crippen molar-refractivity contribution in [2.24, 2.45) is 0 Å². The Morgan fingerprint density at radius 1 is 1.08 bits per heavy atom.